The molecule has 0 aliphatic rings. The summed E-state index contributed by atoms with van der Waals surface area (Å²) in [6, 6.07) is -0.0278. The fraction of sp³-hybridized carbons (Fsp3) is 0.556. The molecule has 0 saturated carbocycles. The molecule has 1 rings (SSSR count). The van der Waals surface area contributed by atoms with Crippen molar-refractivity contribution in [1.29, 1.82) is 0 Å². The second-order valence-electron chi connectivity index (χ2n) is 2.59. The van der Waals surface area contributed by atoms with Gasteiger partial charge in [-0.05, 0) is 24.5 Å². The molecule has 0 saturated heterocycles. The summed E-state index contributed by atoms with van der Waals surface area (Å²) < 4.78 is 3.90. The number of hydrogen-bond acceptors (Lipinski definition) is 4. The van der Waals surface area contributed by atoms with E-state index in [2.05, 4.69) is 27.7 Å². The maximum atomic E-state index is 5.41. The van der Waals surface area contributed by atoms with Crippen LogP contribution >= 0.6 is 11.5 Å². The molecule has 1 N–H and O–H groups in total. The highest BCUT2D eigenvalue weighted by atomic mass is 32.1. The first-order chi connectivity index (χ1) is 6.33. The lowest BCUT2D eigenvalue weighted by molar-refractivity contribution is 0.666. The Bertz CT molecular complexity index is 300. The van der Waals surface area contributed by atoms with Crippen LogP contribution in [-0.2, 0) is 6.42 Å². The first kappa shape index (κ1) is 10.2. The van der Waals surface area contributed by atoms with Crippen molar-refractivity contribution >= 4 is 11.5 Å². The molecule has 0 aliphatic heterocycles. The van der Waals surface area contributed by atoms with Crippen molar-refractivity contribution in [2.45, 2.75) is 26.3 Å². The molecule has 0 aromatic carbocycles. The van der Waals surface area contributed by atoms with Gasteiger partial charge in [0.2, 0.25) is 0 Å². The third-order valence-electron chi connectivity index (χ3n) is 1.76. The number of rotatable bonds is 4. The van der Waals surface area contributed by atoms with E-state index in [4.69, 9.17) is 6.42 Å². The van der Waals surface area contributed by atoms with Crippen molar-refractivity contribution < 1.29 is 0 Å². The summed E-state index contributed by atoms with van der Waals surface area (Å²) in [5.41, 5.74) is 1.01. The quantitative estimate of drug-likeness (QED) is 0.738. The van der Waals surface area contributed by atoms with Gasteiger partial charge in [-0.3, -0.25) is 5.32 Å². The van der Waals surface area contributed by atoms with Gasteiger partial charge < -0.3 is 0 Å². The average Bonchev–Trinajstić information content (AvgIpc) is 2.61. The van der Waals surface area contributed by atoms with Crippen LogP contribution < -0.4 is 5.32 Å². The highest BCUT2D eigenvalue weighted by Crippen LogP contribution is 2.19. The van der Waals surface area contributed by atoms with Crippen LogP contribution in [-0.4, -0.2) is 16.1 Å². The Morgan fingerprint density at radius 2 is 2.38 bits per heavy atom. The minimum atomic E-state index is -0.0278. The summed E-state index contributed by atoms with van der Waals surface area (Å²) in [5, 5.41) is 7.22. The molecule has 0 spiro atoms. The Balaban J connectivity index is 2.85. The van der Waals surface area contributed by atoms with Crippen molar-refractivity contribution in [3.63, 3.8) is 0 Å². The van der Waals surface area contributed by atoms with Crippen molar-refractivity contribution in [3.05, 3.63) is 10.6 Å². The maximum absolute atomic E-state index is 5.41. The topological polar surface area (TPSA) is 37.8 Å². The summed E-state index contributed by atoms with van der Waals surface area (Å²) in [6.45, 7) is 4.94. The van der Waals surface area contributed by atoms with E-state index in [1.165, 1.54) is 11.5 Å². The molecule has 4 heteroatoms. The van der Waals surface area contributed by atoms with Crippen LogP contribution in [0.1, 0.15) is 30.5 Å². The zero-order valence-electron chi connectivity index (χ0n) is 7.87. The number of aromatic nitrogens is 2. The maximum Gasteiger partial charge on any atom is 0.107 e. The number of terminal acetylenes is 1. The monoisotopic (exact) mass is 195 g/mol. The molecule has 1 unspecified atom stereocenters. The van der Waals surface area contributed by atoms with E-state index in [1.54, 1.807) is 0 Å². The van der Waals surface area contributed by atoms with Crippen LogP contribution in [0, 0.1) is 12.3 Å². The number of hydrogen-bond donors (Lipinski definition) is 1. The standard InChI is InChI=1S/C9H13N3S/c1-4-7(10-6-3)9-8(5-2)11-12-13-9/h1,7,10H,5-6H2,2-3H3. The van der Waals surface area contributed by atoms with Crippen LogP contribution in [0.3, 0.4) is 0 Å². The van der Waals surface area contributed by atoms with Gasteiger partial charge in [-0.15, -0.1) is 11.5 Å². The summed E-state index contributed by atoms with van der Waals surface area (Å²) in [7, 11) is 0. The molecule has 1 aromatic heterocycles. The fourth-order valence-electron chi connectivity index (χ4n) is 1.11. The minimum absolute atomic E-state index is 0.0278. The fourth-order valence-corrected chi connectivity index (χ4v) is 1.89. The van der Waals surface area contributed by atoms with E-state index in [0.29, 0.717) is 0 Å². The second kappa shape index (κ2) is 4.95. The van der Waals surface area contributed by atoms with Crippen molar-refractivity contribution in [1.82, 2.24) is 14.9 Å². The van der Waals surface area contributed by atoms with E-state index < -0.39 is 0 Å². The van der Waals surface area contributed by atoms with E-state index in [0.717, 1.165) is 23.5 Å². The molecule has 1 atom stereocenters. The summed E-state index contributed by atoms with van der Waals surface area (Å²) in [4.78, 5) is 1.08. The summed E-state index contributed by atoms with van der Waals surface area (Å²) in [5.74, 6) is 2.70. The molecule has 0 amide bonds. The van der Waals surface area contributed by atoms with Crippen LogP contribution in [0.4, 0.5) is 0 Å². The lowest BCUT2D eigenvalue weighted by Crippen LogP contribution is -2.19. The van der Waals surface area contributed by atoms with Crippen LogP contribution in [0.5, 0.6) is 0 Å². The molecule has 1 aromatic rings. The first-order valence-electron chi connectivity index (χ1n) is 4.34. The van der Waals surface area contributed by atoms with Crippen molar-refractivity contribution in [3.8, 4) is 12.3 Å². The van der Waals surface area contributed by atoms with Gasteiger partial charge in [0.15, 0.2) is 0 Å². The average molecular weight is 195 g/mol. The highest BCUT2D eigenvalue weighted by molar-refractivity contribution is 7.05. The SMILES string of the molecule is C#CC(NCC)c1snnc1CC. The smallest absolute Gasteiger partial charge is 0.107 e. The Kier molecular flexibility index (Phi) is 3.87. The molecule has 0 aliphatic carbocycles. The molecular weight excluding hydrogens is 182 g/mol. The number of nitrogens with one attached hydrogen (secondary N) is 1. The third-order valence-corrected chi connectivity index (χ3v) is 2.59. The predicted octanol–water partition coefficient (Wildman–Crippen LogP) is 1.38. The first-order valence-corrected chi connectivity index (χ1v) is 5.11. The minimum Gasteiger partial charge on any atom is -0.299 e. The molecule has 1 heterocycles. The van der Waals surface area contributed by atoms with Crippen LogP contribution in [0.15, 0.2) is 0 Å². The largest absolute Gasteiger partial charge is 0.299 e. The number of aryl methyl sites for hydroxylation is 1. The molecule has 0 bridgehead atoms. The Morgan fingerprint density at radius 1 is 1.62 bits per heavy atom. The molecule has 70 valence electrons. The summed E-state index contributed by atoms with van der Waals surface area (Å²) >= 11 is 1.38. The lowest BCUT2D eigenvalue weighted by Gasteiger charge is -2.08. The Morgan fingerprint density at radius 3 is 2.92 bits per heavy atom. The highest BCUT2D eigenvalue weighted by Gasteiger charge is 2.14. The van der Waals surface area contributed by atoms with Gasteiger partial charge in [0, 0.05) is 0 Å². The molecule has 3 nitrogen and oxygen atoms in total. The van der Waals surface area contributed by atoms with E-state index in [1.807, 2.05) is 6.92 Å². The Hall–Kier alpha value is -0.920. The second-order valence-corrected chi connectivity index (χ2v) is 3.38. The van der Waals surface area contributed by atoms with Gasteiger partial charge in [-0.25, -0.2) is 0 Å². The lowest BCUT2D eigenvalue weighted by atomic mass is 10.2. The summed E-state index contributed by atoms with van der Waals surface area (Å²) in [6.07, 6.45) is 6.30. The zero-order chi connectivity index (χ0) is 9.68. The van der Waals surface area contributed by atoms with Gasteiger partial charge in [-0.1, -0.05) is 24.3 Å². The zero-order valence-corrected chi connectivity index (χ0v) is 8.69. The molecule has 0 radical (unpaired) electrons. The van der Waals surface area contributed by atoms with Crippen molar-refractivity contribution in [2.24, 2.45) is 0 Å². The number of nitrogens with zero attached hydrogens (tertiary/aromatic N) is 2. The van der Waals surface area contributed by atoms with E-state index in [-0.39, 0.29) is 6.04 Å². The normalized spacial score (nSPS) is 12.4. The predicted molar refractivity (Wildman–Crippen MR) is 54.5 cm³/mol. The van der Waals surface area contributed by atoms with Gasteiger partial charge in [0.1, 0.15) is 6.04 Å². The van der Waals surface area contributed by atoms with Gasteiger partial charge in [0.05, 0.1) is 10.6 Å². The van der Waals surface area contributed by atoms with E-state index >= 15 is 0 Å². The molecular formula is C9H13N3S. The van der Waals surface area contributed by atoms with Crippen LogP contribution in [0.25, 0.3) is 0 Å². The van der Waals surface area contributed by atoms with Gasteiger partial charge in [0.25, 0.3) is 0 Å². The Labute approximate surface area is 82.7 Å². The third kappa shape index (κ3) is 2.27. The molecule has 0 fully saturated rings. The molecule has 13 heavy (non-hydrogen) atoms. The van der Waals surface area contributed by atoms with Crippen molar-refractivity contribution in [2.75, 3.05) is 6.54 Å². The van der Waals surface area contributed by atoms with Crippen LogP contribution in [0.2, 0.25) is 0 Å². The van der Waals surface area contributed by atoms with E-state index in [9.17, 15) is 0 Å². The van der Waals surface area contributed by atoms with Gasteiger partial charge >= 0.3 is 0 Å². The van der Waals surface area contributed by atoms with Gasteiger partial charge in [-0.2, -0.15) is 0 Å².